The summed E-state index contributed by atoms with van der Waals surface area (Å²) in [6.45, 7) is 1.94. The number of halogens is 2. The third-order valence-electron chi connectivity index (χ3n) is 2.62. The summed E-state index contributed by atoms with van der Waals surface area (Å²) in [6, 6.07) is 6.48. The van der Waals surface area contributed by atoms with E-state index in [1.54, 1.807) is 18.2 Å². The van der Waals surface area contributed by atoms with Gasteiger partial charge in [0.05, 0.1) is 21.8 Å². The first-order valence-electron chi connectivity index (χ1n) is 6.53. The highest BCUT2D eigenvalue weighted by atomic mass is 35.5. The van der Waals surface area contributed by atoms with Gasteiger partial charge >= 0.3 is 0 Å². The second kappa shape index (κ2) is 8.14. The summed E-state index contributed by atoms with van der Waals surface area (Å²) in [5, 5.41) is 0.801. The van der Waals surface area contributed by atoms with Gasteiger partial charge in [0.25, 0.3) is 11.8 Å². The first kappa shape index (κ1) is 17.5. The van der Waals surface area contributed by atoms with E-state index in [1.165, 1.54) is 24.0 Å². The van der Waals surface area contributed by atoms with E-state index in [4.69, 9.17) is 23.2 Å². The Bertz CT molecular complexity index is 742. The third kappa shape index (κ3) is 4.57. The van der Waals surface area contributed by atoms with Crippen molar-refractivity contribution in [2.24, 2.45) is 0 Å². The molecule has 0 atom stereocenters. The molecular weight excluding hydrogens is 359 g/mol. The summed E-state index contributed by atoms with van der Waals surface area (Å²) in [4.78, 5) is 32.1. The number of hydrogen-bond acceptors (Lipinski definition) is 5. The zero-order valence-electron chi connectivity index (χ0n) is 12.0. The molecule has 23 heavy (non-hydrogen) atoms. The number of carbonyl (C=O) groups is 2. The zero-order chi connectivity index (χ0) is 16.8. The third-order valence-corrected chi connectivity index (χ3v) is 3.97. The Kier molecular flexibility index (Phi) is 6.20. The monoisotopic (exact) mass is 370 g/mol. The molecule has 0 aliphatic carbocycles. The number of aromatic nitrogens is 2. The van der Waals surface area contributed by atoms with Crippen LogP contribution in [0.4, 0.5) is 0 Å². The zero-order valence-corrected chi connectivity index (χ0v) is 14.3. The molecule has 1 aromatic heterocycles. The molecule has 0 radical (unpaired) electrons. The fourth-order valence-electron chi connectivity index (χ4n) is 1.59. The Morgan fingerprint density at radius 2 is 1.83 bits per heavy atom. The smallest absolute Gasteiger partial charge is 0.267 e. The van der Waals surface area contributed by atoms with Crippen LogP contribution in [0.1, 0.15) is 27.8 Å². The van der Waals surface area contributed by atoms with Crippen LogP contribution < -0.4 is 10.9 Å². The van der Waals surface area contributed by atoms with Crippen molar-refractivity contribution in [2.45, 2.75) is 12.1 Å². The molecule has 0 saturated heterocycles. The normalized spacial score (nSPS) is 10.2. The van der Waals surface area contributed by atoms with Gasteiger partial charge in [-0.3, -0.25) is 20.4 Å². The minimum absolute atomic E-state index is 0.0166. The van der Waals surface area contributed by atoms with Crippen LogP contribution in [0, 0.1) is 0 Å². The number of benzene rings is 1. The van der Waals surface area contributed by atoms with Gasteiger partial charge in [-0.1, -0.05) is 54.0 Å². The molecule has 0 aliphatic rings. The number of amides is 2. The van der Waals surface area contributed by atoms with Gasteiger partial charge in [-0.25, -0.2) is 9.97 Å². The highest BCUT2D eigenvalue weighted by Gasteiger charge is 2.16. The van der Waals surface area contributed by atoms with E-state index in [0.29, 0.717) is 5.16 Å². The first-order valence-corrected chi connectivity index (χ1v) is 8.27. The van der Waals surface area contributed by atoms with Gasteiger partial charge in [0.1, 0.15) is 0 Å². The van der Waals surface area contributed by atoms with Crippen LogP contribution >= 0.6 is 35.0 Å². The molecule has 2 aromatic rings. The van der Waals surface area contributed by atoms with E-state index >= 15 is 0 Å². The summed E-state index contributed by atoms with van der Waals surface area (Å²) in [5.41, 5.74) is 4.75. The van der Waals surface area contributed by atoms with Crippen molar-refractivity contribution in [3.8, 4) is 0 Å². The molecule has 9 heteroatoms. The van der Waals surface area contributed by atoms with Crippen molar-refractivity contribution < 1.29 is 9.59 Å². The van der Waals surface area contributed by atoms with Crippen LogP contribution in [-0.4, -0.2) is 27.5 Å². The van der Waals surface area contributed by atoms with Crippen LogP contribution in [0.15, 0.2) is 35.6 Å². The maximum Gasteiger partial charge on any atom is 0.289 e. The molecule has 0 spiro atoms. The molecule has 1 heterocycles. The SMILES string of the molecule is CCSc1ncc(Cl)c(C(=O)NNC(=O)c2ccccc2Cl)n1. The van der Waals surface area contributed by atoms with Gasteiger partial charge in [-0.05, 0) is 17.9 Å². The number of thioether (sulfide) groups is 1. The number of rotatable bonds is 4. The fraction of sp³-hybridized carbons (Fsp3) is 0.143. The minimum Gasteiger partial charge on any atom is -0.267 e. The van der Waals surface area contributed by atoms with E-state index in [0.717, 1.165) is 5.75 Å². The van der Waals surface area contributed by atoms with Crippen molar-refractivity contribution in [3.05, 3.63) is 51.8 Å². The van der Waals surface area contributed by atoms with Gasteiger partial charge < -0.3 is 0 Å². The molecule has 1 aromatic carbocycles. The number of nitrogens with one attached hydrogen (secondary N) is 2. The standard InChI is InChI=1S/C14H12Cl2N4O2S/c1-2-23-14-17-7-10(16)11(18-14)13(22)20-19-12(21)8-5-3-4-6-9(8)15/h3-7H,2H2,1H3,(H,19,21)(H,20,22). The highest BCUT2D eigenvalue weighted by Crippen LogP contribution is 2.18. The second-order valence-electron chi connectivity index (χ2n) is 4.17. The van der Waals surface area contributed by atoms with Gasteiger partial charge in [-0.15, -0.1) is 0 Å². The Labute approximate surface area is 147 Å². The van der Waals surface area contributed by atoms with E-state index < -0.39 is 11.8 Å². The van der Waals surface area contributed by atoms with E-state index in [1.807, 2.05) is 6.92 Å². The molecule has 120 valence electrons. The molecule has 0 saturated carbocycles. The van der Waals surface area contributed by atoms with Gasteiger partial charge in [0.2, 0.25) is 0 Å². The van der Waals surface area contributed by atoms with Crippen LogP contribution in [-0.2, 0) is 0 Å². The maximum absolute atomic E-state index is 12.1. The molecule has 0 unspecified atom stereocenters. The largest absolute Gasteiger partial charge is 0.289 e. The number of carbonyl (C=O) groups excluding carboxylic acids is 2. The average molecular weight is 371 g/mol. The van der Waals surface area contributed by atoms with Gasteiger partial charge in [-0.2, -0.15) is 0 Å². The van der Waals surface area contributed by atoms with Crippen molar-refractivity contribution in [3.63, 3.8) is 0 Å². The Hall–Kier alpha value is -1.83. The van der Waals surface area contributed by atoms with Crippen LogP contribution in [0.5, 0.6) is 0 Å². The quantitative estimate of drug-likeness (QED) is 0.491. The molecule has 6 nitrogen and oxygen atoms in total. The average Bonchev–Trinajstić information content (AvgIpc) is 2.54. The Morgan fingerprint density at radius 3 is 2.52 bits per heavy atom. The topological polar surface area (TPSA) is 84.0 Å². The first-order chi connectivity index (χ1) is 11.0. The maximum atomic E-state index is 12.1. The van der Waals surface area contributed by atoms with E-state index in [9.17, 15) is 9.59 Å². The molecular formula is C14H12Cl2N4O2S. The molecule has 2 amide bonds. The molecule has 2 N–H and O–H groups in total. The Morgan fingerprint density at radius 1 is 1.13 bits per heavy atom. The van der Waals surface area contributed by atoms with Crippen molar-refractivity contribution in [1.29, 1.82) is 0 Å². The van der Waals surface area contributed by atoms with Gasteiger partial charge in [0, 0.05) is 0 Å². The molecule has 2 rings (SSSR count). The summed E-state index contributed by atoms with van der Waals surface area (Å²) >= 11 is 13.2. The summed E-state index contributed by atoms with van der Waals surface area (Å²) in [6.07, 6.45) is 1.34. The number of hydrazine groups is 1. The van der Waals surface area contributed by atoms with Crippen molar-refractivity contribution >= 4 is 46.8 Å². The van der Waals surface area contributed by atoms with Crippen LogP contribution in [0.25, 0.3) is 0 Å². The Balaban J connectivity index is 2.06. The van der Waals surface area contributed by atoms with Crippen LogP contribution in [0.3, 0.4) is 0 Å². The molecule has 0 fully saturated rings. The highest BCUT2D eigenvalue weighted by molar-refractivity contribution is 7.99. The summed E-state index contributed by atoms with van der Waals surface area (Å²) in [5.74, 6) is -0.431. The molecule has 0 aliphatic heterocycles. The van der Waals surface area contributed by atoms with Crippen molar-refractivity contribution in [1.82, 2.24) is 20.8 Å². The van der Waals surface area contributed by atoms with Crippen LogP contribution in [0.2, 0.25) is 10.0 Å². The molecule has 0 bridgehead atoms. The number of hydrogen-bond donors (Lipinski definition) is 2. The lowest BCUT2D eigenvalue weighted by molar-refractivity contribution is 0.0843. The lowest BCUT2D eigenvalue weighted by Crippen LogP contribution is -2.42. The van der Waals surface area contributed by atoms with E-state index in [-0.39, 0.29) is 21.3 Å². The second-order valence-corrected chi connectivity index (χ2v) is 6.22. The minimum atomic E-state index is -0.643. The summed E-state index contributed by atoms with van der Waals surface area (Å²) in [7, 11) is 0. The van der Waals surface area contributed by atoms with Gasteiger partial charge in [0.15, 0.2) is 10.9 Å². The predicted octanol–water partition coefficient (Wildman–Crippen LogP) is 2.97. The fourth-order valence-corrected chi connectivity index (χ4v) is 2.53. The number of nitrogens with zero attached hydrogens (tertiary/aromatic N) is 2. The predicted molar refractivity (Wildman–Crippen MR) is 89.8 cm³/mol. The lowest BCUT2D eigenvalue weighted by atomic mass is 10.2. The van der Waals surface area contributed by atoms with E-state index in [2.05, 4.69) is 20.8 Å². The van der Waals surface area contributed by atoms with Crippen molar-refractivity contribution in [2.75, 3.05) is 5.75 Å². The summed E-state index contributed by atoms with van der Waals surface area (Å²) < 4.78 is 0. The lowest BCUT2D eigenvalue weighted by Gasteiger charge is -2.09.